The lowest BCUT2D eigenvalue weighted by Crippen LogP contribution is -2.70. The van der Waals surface area contributed by atoms with Gasteiger partial charge in [-0.05, 0) is 12.8 Å². The van der Waals surface area contributed by atoms with Crippen molar-refractivity contribution in [2.75, 3.05) is 14.2 Å². The van der Waals surface area contributed by atoms with Crippen LogP contribution in [0.1, 0.15) is 84.0 Å². The first-order valence-corrected chi connectivity index (χ1v) is 12.6. The summed E-state index contributed by atoms with van der Waals surface area (Å²) in [6.07, 6.45) is -6.56. The van der Waals surface area contributed by atoms with E-state index >= 15 is 0 Å². The number of unbranched alkanes of at least 4 members (excludes halogenated alkanes) is 8. The first-order valence-electron chi connectivity index (χ1n) is 12.6. The van der Waals surface area contributed by atoms with Gasteiger partial charge in [-0.15, -0.1) is 0 Å². The van der Waals surface area contributed by atoms with Crippen LogP contribution in [0.2, 0.25) is 0 Å². The van der Waals surface area contributed by atoms with Crippen LogP contribution in [-0.2, 0) is 19.1 Å². The molecule has 0 bridgehead atoms. The molecule has 0 radical (unpaired) electrons. The Morgan fingerprint density at radius 1 is 0.488 bits per heavy atom. The monoisotopic (exact) mass is 632 g/mol. The largest absolute Gasteiger partial charge is 0.468 e. The first-order chi connectivity index (χ1) is 18.5. The maximum atomic E-state index is 14.4. The van der Waals surface area contributed by atoms with Crippen LogP contribution in [0.5, 0.6) is 0 Å². The minimum atomic E-state index is -8.04. The standard InChI is InChI=1S/C24H33F13O4/c1-4-5-6-7-8-9-10-11-12-13-18(16(38)40-2,17(39)41-3)14-15-19(25,26)20(27,28)21(29,30)22(31,32)23(33,34)24(35,36)37/h4-15H2,1-3H3. The number of alkyl halides is 13. The van der Waals surface area contributed by atoms with E-state index in [1.807, 2.05) is 6.92 Å². The zero-order valence-corrected chi connectivity index (χ0v) is 22.5. The van der Waals surface area contributed by atoms with Crippen LogP contribution in [0.15, 0.2) is 0 Å². The third-order valence-electron chi connectivity index (χ3n) is 6.72. The molecule has 4 nitrogen and oxygen atoms in total. The molecule has 0 heterocycles. The van der Waals surface area contributed by atoms with Gasteiger partial charge in [-0.1, -0.05) is 64.7 Å². The number of ether oxygens (including phenoxy) is 2. The van der Waals surface area contributed by atoms with Crippen molar-refractivity contribution < 1.29 is 76.1 Å². The van der Waals surface area contributed by atoms with Gasteiger partial charge >= 0.3 is 47.7 Å². The number of methoxy groups -OCH3 is 2. The normalized spacial score (nSPS) is 14.2. The minimum absolute atomic E-state index is 0.104. The molecule has 0 aliphatic rings. The molecular weight excluding hydrogens is 599 g/mol. The second-order valence-corrected chi connectivity index (χ2v) is 9.64. The van der Waals surface area contributed by atoms with Crippen molar-refractivity contribution >= 4 is 11.9 Å². The molecule has 0 amide bonds. The molecule has 244 valence electrons. The van der Waals surface area contributed by atoms with Crippen molar-refractivity contribution in [3.05, 3.63) is 0 Å². The zero-order chi connectivity index (χ0) is 32.6. The zero-order valence-electron chi connectivity index (χ0n) is 22.5. The smallest absolute Gasteiger partial charge is 0.460 e. The van der Waals surface area contributed by atoms with Gasteiger partial charge in [-0.25, -0.2) is 0 Å². The summed E-state index contributed by atoms with van der Waals surface area (Å²) in [6, 6.07) is 0. The summed E-state index contributed by atoms with van der Waals surface area (Å²) in [4.78, 5) is 24.8. The molecule has 0 saturated heterocycles. The van der Waals surface area contributed by atoms with Gasteiger partial charge in [0.1, 0.15) is 0 Å². The fourth-order valence-electron chi connectivity index (χ4n) is 4.07. The first kappa shape index (κ1) is 39.0. The highest BCUT2D eigenvalue weighted by atomic mass is 19.4. The summed E-state index contributed by atoms with van der Waals surface area (Å²) in [5.41, 5.74) is -2.84. The van der Waals surface area contributed by atoms with Crippen LogP contribution in [-0.4, -0.2) is 61.9 Å². The third-order valence-corrected chi connectivity index (χ3v) is 6.72. The fraction of sp³-hybridized carbons (Fsp3) is 0.917. The number of hydrogen-bond donors (Lipinski definition) is 0. The molecule has 0 aromatic carbocycles. The molecule has 0 rings (SSSR count). The molecule has 0 atom stereocenters. The van der Waals surface area contributed by atoms with Gasteiger partial charge < -0.3 is 9.47 Å². The van der Waals surface area contributed by atoms with E-state index in [0.29, 0.717) is 27.1 Å². The van der Waals surface area contributed by atoms with E-state index in [0.717, 1.165) is 32.1 Å². The van der Waals surface area contributed by atoms with E-state index in [2.05, 4.69) is 9.47 Å². The number of hydrogen-bond acceptors (Lipinski definition) is 4. The lowest BCUT2D eigenvalue weighted by atomic mass is 9.76. The number of esters is 2. The lowest BCUT2D eigenvalue weighted by Gasteiger charge is -2.40. The second-order valence-electron chi connectivity index (χ2n) is 9.64. The van der Waals surface area contributed by atoms with E-state index in [-0.39, 0.29) is 12.8 Å². The average molecular weight is 632 g/mol. The van der Waals surface area contributed by atoms with Gasteiger partial charge in [0.25, 0.3) is 0 Å². The molecule has 0 aliphatic carbocycles. The summed E-state index contributed by atoms with van der Waals surface area (Å²) in [5.74, 6) is -41.1. The Morgan fingerprint density at radius 3 is 1.22 bits per heavy atom. The van der Waals surface area contributed by atoms with Crippen LogP contribution in [0.3, 0.4) is 0 Å². The van der Waals surface area contributed by atoms with E-state index in [1.54, 1.807) is 0 Å². The fourth-order valence-corrected chi connectivity index (χ4v) is 4.07. The van der Waals surface area contributed by atoms with Crippen LogP contribution in [0.25, 0.3) is 0 Å². The molecule has 0 fully saturated rings. The lowest BCUT2D eigenvalue weighted by molar-refractivity contribution is -0.440. The number of carbonyl (C=O) groups is 2. The van der Waals surface area contributed by atoms with Gasteiger partial charge in [-0.2, -0.15) is 57.1 Å². The Morgan fingerprint density at radius 2 is 0.854 bits per heavy atom. The molecule has 0 aliphatic heterocycles. The SMILES string of the molecule is CCCCCCCCCCCC(CCC(F)(F)C(F)(F)C(F)(F)C(F)(F)C(F)(F)C(F)(F)F)(C(=O)OC)C(=O)OC. The molecule has 0 spiro atoms. The number of halogens is 13. The molecule has 0 unspecified atom stereocenters. The molecular formula is C24H33F13O4. The van der Waals surface area contributed by atoms with E-state index in [1.165, 1.54) is 0 Å². The highest BCUT2D eigenvalue weighted by Gasteiger charge is 2.90. The second kappa shape index (κ2) is 14.5. The quantitative estimate of drug-likeness (QED) is 0.0619. The summed E-state index contributed by atoms with van der Waals surface area (Å²) in [6.45, 7) is 2.01. The number of carbonyl (C=O) groups excluding carboxylic acids is 2. The maximum absolute atomic E-state index is 14.4. The topological polar surface area (TPSA) is 52.6 Å². The predicted molar refractivity (Wildman–Crippen MR) is 118 cm³/mol. The molecule has 0 saturated carbocycles. The van der Waals surface area contributed by atoms with E-state index in [4.69, 9.17) is 0 Å². The van der Waals surface area contributed by atoms with E-state index in [9.17, 15) is 66.7 Å². The van der Waals surface area contributed by atoms with Crippen molar-refractivity contribution in [3.8, 4) is 0 Å². The maximum Gasteiger partial charge on any atom is 0.460 e. The Bertz CT molecular complexity index is 826. The van der Waals surface area contributed by atoms with Gasteiger partial charge in [0.2, 0.25) is 0 Å². The average Bonchev–Trinajstić information content (AvgIpc) is 2.87. The van der Waals surface area contributed by atoms with Crippen molar-refractivity contribution in [2.45, 2.75) is 120 Å². The third kappa shape index (κ3) is 8.11. The van der Waals surface area contributed by atoms with Crippen LogP contribution in [0.4, 0.5) is 57.1 Å². The Labute approximate surface area is 228 Å². The van der Waals surface area contributed by atoms with Gasteiger partial charge in [0.05, 0.1) is 14.2 Å². The summed E-state index contributed by atoms with van der Waals surface area (Å²) < 4.78 is 183. The van der Waals surface area contributed by atoms with Crippen LogP contribution >= 0.6 is 0 Å². The highest BCUT2D eigenvalue weighted by Crippen LogP contribution is 2.61. The van der Waals surface area contributed by atoms with E-state index < -0.39 is 72.4 Å². The van der Waals surface area contributed by atoms with Crippen LogP contribution in [0, 0.1) is 5.41 Å². The molecule has 41 heavy (non-hydrogen) atoms. The predicted octanol–water partition coefficient (Wildman–Crippen LogP) is 8.76. The Kier molecular flexibility index (Phi) is 13.8. The summed E-state index contributed by atoms with van der Waals surface area (Å²) >= 11 is 0. The van der Waals surface area contributed by atoms with Gasteiger partial charge in [0, 0.05) is 6.42 Å². The highest BCUT2D eigenvalue weighted by molar-refractivity contribution is 6.00. The Hall–Kier alpha value is -1.97. The van der Waals surface area contributed by atoms with Crippen LogP contribution < -0.4 is 0 Å². The van der Waals surface area contributed by atoms with Crippen molar-refractivity contribution in [2.24, 2.45) is 5.41 Å². The van der Waals surface area contributed by atoms with Crippen molar-refractivity contribution in [1.29, 1.82) is 0 Å². The molecule has 0 aromatic rings. The molecule has 0 N–H and O–H groups in total. The number of rotatable bonds is 19. The Balaban J connectivity index is 6.01. The van der Waals surface area contributed by atoms with Gasteiger partial charge in [-0.3, -0.25) is 9.59 Å². The van der Waals surface area contributed by atoms with Gasteiger partial charge in [0.15, 0.2) is 5.41 Å². The summed E-state index contributed by atoms with van der Waals surface area (Å²) in [7, 11) is 1.30. The minimum Gasteiger partial charge on any atom is -0.468 e. The molecule has 17 heteroatoms. The molecule has 0 aromatic heterocycles. The van der Waals surface area contributed by atoms with Crippen molar-refractivity contribution in [3.63, 3.8) is 0 Å². The summed E-state index contributed by atoms with van der Waals surface area (Å²) in [5, 5.41) is 0. The van der Waals surface area contributed by atoms with Crippen molar-refractivity contribution in [1.82, 2.24) is 0 Å².